The van der Waals surface area contributed by atoms with Gasteiger partial charge in [0.25, 0.3) is 5.91 Å². The Morgan fingerprint density at radius 2 is 1.30 bits per heavy atom. The van der Waals surface area contributed by atoms with E-state index in [-0.39, 0.29) is 23.6 Å². The van der Waals surface area contributed by atoms with Gasteiger partial charge in [-0.15, -0.1) is 0 Å². The highest BCUT2D eigenvalue weighted by Gasteiger charge is 2.32. The van der Waals surface area contributed by atoms with Crippen LogP contribution in [0.2, 0.25) is 0 Å². The van der Waals surface area contributed by atoms with E-state index < -0.39 is 6.04 Å². The molecule has 0 aliphatic carbocycles. The van der Waals surface area contributed by atoms with E-state index in [0.29, 0.717) is 31.5 Å². The standard InChI is InChI=1S/C27H27N3O3/c31-25(28-23-14-8-3-9-15-23)22-16-18-30(19-17-22)27(33)24(20-10-4-1-5-11-20)29-26(32)21-12-6-2-7-13-21/h1-15,22,24H,16-19H2,(H,28,31)(H,29,32)/t24-/m0/s1. The van der Waals surface area contributed by atoms with Gasteiger partial charge in [0.1, 0.15) is 6.04 Å². The Morgan fingerprint density at radius 1 is 0.758 bits per heavy atom. The highest BCUT2D eigenvalue weighted by molar-refractivity contribution is 5.98. The highest BCUT2D eigenvalue weighted by Crippen LogP contribution is 2.24. The Morgan fingerprint density at radius 3 is 1.91 bits per heavy atom. The molecule has 1 aliphatic heterocycles. The van der Waals surface area contributed by atoms with E-state index in [9.17, 15) is 14.4 Å². The first-order valence-electron chi connectivity index (χ1n) is 11.2. The average Bonchev–Trinajstić information content (AvgIpc) is 2.88. The van der Waals surface area contributed by atoms with E-state index in [2.05, 4.69) is 10.6 Å². The van der Waals surface area contributed by atoms with Crippen molar-refractivity contribution >= 4 is 23.4 Å². The van der Waals surface area contributed by atoms with Gasteiger partial charge in [0.15, 0.2) is 0 Å². The topological polar surface area (TPSA) is 78.5 Å². The van der Waals surface area contributed by atoms with Crippen LogP contribution < -0.4 is 10.6 Å². The van der Waals surface area contributed by atoms with Gasteiger partial charge in [-0.3, -0.25) is 14.4 Å². The molecule has 4 rings (SSSR count). The van der Waals surface area contributed by atoms with E-state index >= 15 is 0 Å². The van der Waals surface area contributed by atoms with E-state index in [4.69, 9.17) is 0 Å². The predicted octanol–water partition coefficient (Wildman–Crippen LogP) is 4.04. The summed E-state index contributed by atoms with van der Waals surface area (Å²) in [6, 6.07) is 26.7. The van der Waals surface area contributed by atoms with Gasteiger partial charge in [0.05, 0.1) is 0 Å². The third kappa shape index (κ3) is 5.66. The number of likely N-dealkylation sites (tertiary alicyclic amines) is 1. The molecule has 3 aromatic rings. The number of anilines is 1. The summed E-state index contributed by atoms with van der Waals surface area (Å²) in [6.07, 6.45) is 1.16. The highest BCUT2D eigenvalue weighted by atomic mass is 16.2. The molecule has 1 fully saturated rings. The molecule has 1 atom stereocenters. The van der Waals surface area contributed by atoms with Gasteiger partial charge in [0.2, 0.25) is 11.8 Å². The lowest BCUT2D eigenvalue weighted by molar-refractivity contribution is -0.136. The Hall–Kier alpha value is -3.93. The molecule has 33 heavy (non-hydrogen) atoms. The largest absolute Gasteiger partial charge is 0.341 e. The van der Waals surface area contributed by atoms with Crippen LogP contribution in [0.4, 0.5) is 5.69 Å². The van der Waals surface area contributed by atoms with Crippen LogP contribution >= 0.6 is 0 Å². The van der Waals surface area contributed by atoms with Gasteiger partial charge in [0, 0.05) is 30.3 Å². The minimum atomic E-state index is -0.784. The van der Waals surface area contributed by atoms with Crippen LogP contribution in [0.15, 0.2) is 91.0 Å². The molecular weight excluding hydrogens is 414 g/mol. The fourth-order valence-electron chi connectivity index (χ4n) is 4.05. The van der Waals surface area contributed by atoms with Gasteiger partial charge in [-0.2, -0.15) is 0 Å². The molecule has 2 N–H and O–H groups in total. The number of piperidine rings is 1. The molecule has 0 radical (unpaired) electrons. The van der Waals surface area contributed by atoms with Gasteiger partial charge >= 0.3 is 0 Å². The number of rotatable bonds is 6. The molecule has 0 aromatic heterocycles. The van der Waals surface area contributed by atoms with Crippen molar-refractivity contribution in [1.29, 1.82) is 0 Å². The summed E-state index contributed by atoms with van der Waals surface area (Å²) in [5.74, 6) is -0.629. The van der Waals surface area contributed by atoms with Crippen molar-refractivity contribution in [2.75, 3.05) is 18.4 Å². The van der Waals surface area contributed by atoms with Crippen molar-refractivity contribution in [3.8, 4) is 0 Å². The monoisotopic (exact) mass is 441 g/mol. The molecule has 6 nitrogen and oxygen atoms in total. The second kappa shape index (κ2) is 10.6. The van der Waals surface area contributed by atoms with Crippen LogP contribution in [0.5, 0.6) is 0 Å². The smallest absolute Gasteiger partial charge is 0.252 e. The Labute approximate surface area is 193 Å². The number of nitrogens with zero attached hydrogens (tertiary/aromatic N) is 1. The molecule has 6 heteroatoms. The molecule has 1 aliphatic rings. The van der Waals surface area contributed by atoms with Crippen LogP contribution in [-0.4, -0.2) is 35.7 Å². The molecule has 1 saturated heterocycles. The summed E-state index contributed by atoms with van der Waals surface area (Å²) in [7, 11) is 0. The zero-order valence-corrected chi connectivity index (χ0v) is 18.3. The maximum absolute atomic E-state index is 13.4. The van der Waals surface area contributed by atoms with E-state index in [0.717, 1.165) is 11.3 Å². The summed E-state index contributed by atoms with van der Waals surface area (Å²) in [5, 5.41) is 5.85. The van der Waals surface area contributed by atoms with Gasteiger partial charge < -0.3 is 15.5 Å². The summed E-state index contributed by atoms with van der Waals surface area (Å²) < 4.78 is 0. The third-order valence-electron chi connectivity index (χ3n) is 5.91. The zero-order valence-electron chi connectivity index (χ0n) is 18.3. The minimum absolute atomic E-state index is 0.0229. The van der Waals surface area contributed by atoms with Crippen LogP contribution in [0, 0.1) is 5.92 Å². The lowest BCUT2D eigenvalue weighted by Crippen LogP contribution is -2.47. The maximum atomic E-state index is 13.4. The first-order chi connectivity index (χ1) is 16.1. The zero-order chi connectivity index (χ0) is 23.0. The molecule has 0 bridgehead atoms. The SMILES string of the molecule is O=C(N[C@H](C(=O)N1CCC(C(=O)Nc2ccccc2)CC1)c1ccccc1)c1ccccc1. The number of nitrogens with one attached hydrogen (secondary N) is 2. The molecular formula is C27H27N3O3. The number of carbonyl (C=O) groups is 3. The first kappa shape index (κ1) is 22.3. The Balaban J connectivity index is 1.41. The molecule has 3 aromatic carbocycles. The summed E-state index contributed by atoms with van der Waals surface area (Å²) in [6.45, 7) is 0.937. The Kier molecular flexibility index (Phi) is 7.15. The van der Waals surface area contributed by atoms with Crippen molar-refractivity contribution in [2.45, 2.75) is 18.9 Å². The van der Waals surface area contributed by atoms with Crippen molar-refractivity contribution in [2.24, 2.45) is 5.92 Å². The number of hydrogen-bond donors (Lipinski definition) is 2. The number of hydrogen-bond acceptors (Lipinski definition) is 3. The predicted molar refractivity (Wildman–Crippen MR) is 127 cm³/mol. The maximum Gasteiger partial charge on any atom is 0.252 e. The molecule has 0 saturated carbocycles. The summed E-state index contributed by atoms with van der Waals surface area (Å²) in [5.41, 5.74) is 2.01. The fraction of sp³-hybridized carbons (Fsp3) is 0.222. The molecule has 0 spiro atoms. The van der Waals surface area contributed by atoms with Gasteiger partial charge in [-0.25, -0.2) is 0 Å². The number of para-hydroxylation sites is 1. The second-order valence-electron chi connectivity index (χ2n) is 8.14. The lowest BCUT2D eigenvalue weighted by atomic mass is 9.94. The third-order valence-corrected chi connectivity index (χ3v) is 5.91. The molecule has 0 unspecified atom stereocenters. The van der Waals surface area contributed by atoms with Crippen molar-refractivity contribution in [3.63, 3.8) is 0 Å². The van der Waals surface area contributed by atoms with Crippen LogP contribution in [0.25, 0.3) is 0 Å². The van der Waals surface area contributed by atoms with Crippen molar-refractivity contribution in [3.05, 3.63) is 102 Å². The van der Waals surface area contributed by atoms with E-state index in [1.54, 1.807) is 29.2 Å². The normalized spacial score (nSPS) is 14.8. The number of benzene rings is 3. The first-order valence-corrected chi connectivity index (χ1v) is 11.2. The average molecular weight is 442 g/mol. The second-order valence-corrected chi connectivity index (χ2v) is 8.14. The fourth-order valence-corrected chi connectivity index (χ4v) is 4.05. The van der Waals surface area contributed by atoms with Crippen LogP contribution in [0.1, 0.15) is 34.8 Å². The van der Waals surface area contributed by atoms with E-state index in [1.807, 2.05) is 66.7 Å². The number of amides is 3. The minimum Gasteiger partial charge on any atom is -0.341 e. The summed E-state index contributed by atoms with van der Waals surface area (Å²) in [4.78, 5) is 40.6. The van der Waals surface area contributed by atoms with E-state index in [1.165, 1.54) is 0 Å². The Bertz CT molecular complexity index is 1080. The number of carbonyl (C=O) groups excluding carboxylic acids is 3. The summed E-state index contributed by atoms with van der Waals surface area (Å²) >= 11 is 0. The van der Waals surface area contributed by atoms with Gasteiger partial charge in [-0.1, -0.05) is 66.7 Å². The van der Waals surface area contributed by atoms with Crippen molar-refractivity contribution < 1.29 is 14.4 Å². The van der Waals surface area contributed by atoms with Gasteiger partial charge in [-0.05, 0) is 42.7 Å². The quantitative estimate of drug-likeness (QED) is 0.606. The molecule has 168 valence electrons. The van der Waals surface area contributed by atoms with Crippen LogP contribution in [0.3, 0.4) is 0 Å². The van der Waals surface area contributed by atoms with Crippen molar-refractivity contribution in [1.82, 2.24) is 10.2 Å². The lowest BCUT2D eigenvalue weighted by Gasteiger charge is -2.34. The van der Waals surface area contributed by atoms with Crippen LogP contribution in [-0.2, 0) is 9.59 Å². The molecule has 1 heterocycles. The molecule has 3 amide bonds.